The Morgan fingerprint density at radius 3 is 2.45 bits per heavy atom. The molecule has 4 atom stereocenters. The van der Waals surface area contributed by atoms with Gasteiger partial charge >= 0.3 is 0 Å². The van der Waals surface area contributed by atoms with E-state index in [0.717, 1.165) is 10.3 Å². The standard InChI is InChI=1S/C21H24N2O7S/c1-22-19(28)13-3-2-4-15-16(13)23-20(31-15)11-5-7-12(8-6-11)30-21(29)18(27)17(26)14(25)9-10-24/h2-8,14,17-18,21,24-27,29H,9-10H2,1H3,(H,22,28). The molecule has 1 heterocycles. The minimum absolute atomic E-state index is 0.149. The Balaban J connectivity index is 1.74. The summed E-state index contributed by atoms with van der Waals surface area (Å²) in [6.07, 6.45) is -6.79. The van der Waals surface area contributed by atoms with E-state index >= 15 is 0 Å². The maximum absolute atomic E-state index is 12.0. The van der Waals surface area contributed by atoms with Crippen molar-refractivity contribution in [2.24, 2.45) is 0 Å². The third kappa shape index (κ3) is 5.18. The first-order valence-electron chi connectivity index (χ1n) is 9.57. The summed E-state index contributed by atoms with van der Waals surface area (Å²) < 4.78 is 6.11. The first-order chi connectivity index (χ1) is 14.8. The molecular formula is C21H24N2O7S. The zero-order chi connectivity index (χ0) is 22.5. The summed E-state index contributed by atoms with van der Waals surface area (Å²) in [5, 5.41) is 51.5. The molecule has 0 bridgehead atoms. The van der Waals surface area contributed by atoms with Crippen molar-refractivity contribution in [3.63, 3.8) is 0 Å². The average Bonchev–Trinajstić information content (AvgIpc) is 3.22. The van der Waals surface area contributed by atoms with Gasteiger partial charge in [-0.25, -0.2) is 4.98 Å². The van der Waals surface area contributed by atoms with Crippen LogP contribution in [-0.4, -0.2) is 74.7 Å². The minimum Gasteiger partial charge on any atom is -0.462 e. The van der Waals surface area contributed by atoms with E-state index < -0.39 is 24.6 Å². The fourth-order valence-electron chi connectivity index (χ4n) is 2.97. The molecule has 3 rings (SSSR count). The lowest BCUT2D eigenvalue weighted by atomic mass is 10.1. The van der Waals surface area contributed by atoms with Crippen molar-refractivity contribution in [1.82, 2.24) is 10.3 Å². The maximum atomic E-state index is 12.0. The van der Waals surface area contributed by atoms with Gasteiger partial charge in [-0.05, 0) is 42.8 Å². The molecule has 31 heavy (non-hydrogen) atoms. The zero-order valence-corrected chi connectivity index (χ0v) is 17.5. The number of aromatic nitrogens is 1. The summed E-state index contributed by atoms with van der Waals surface area (Å²) >= 11 is 1.43. The van der Waals surface area contributed by atoms with E-state index in [1.54, 1.807) is 43.4 Å². The van der Waals surface area contributed by atoms with Gasteiger partial charge in [0.05, 0.1) is 21.9 Å². The number of ether oxygens (including phenoxy) is 1. The number of para-hydroxylation sites is 1. The van der Waals surface area contributed by atoms with Gasteiger partial charge in [-0.15, -0.1) is 11.3 Å². The van der Waals surface area contributed by atoms with Gasteiger partial charge in [-0.3, -0.25) is 4.79 Å². The van der Waals surface area contributed by atoms with Crippen LogP contribution in [0.1, 0.15) is 16.8 Å². The van der Waals surface area contributed by atoms with Crippen LogP contribution in [0.4, 0.5) is 0 Å². The summed E-state index contributed by atoms with van der Waals surface area (Å²) in [6.45, 7) is -0.375. The Morgan fingerprint density at radius 2 is 1.81 bits per heavy atom. The van der Waals surface area contributed by atoms with E-state index in [2.05, 4.69) is 10.3 Å². The number of carbonyl (C=O) groups is 1. The Labute approximate surface area is 182 Å². The first kappa shape index (κ1) is 23.1. The predicted octanol–water partition coefficient (Wildman–Crippen LogP) is 0.485. The lowest BCUT2D eigenvalue weighted by Gasteiger charge is -2.26. The van der Waals surface area contributed by atoms with Crippen LogP contribution in [0.3, 0.4) is 0 Å². The maximum Gasteiger partial charge on any atom is 0.253 e. The molecule has 3 aromatic rings. The lowest BCUT2D eigenvalue weighted by molar-refractivity contribution is -0.166. The molecule has 166 valence electrons. The van der Waals surface area contributed by atoms with E-state index in [1.165, 1.54) is 11.3 Å². The van der Waals surface area contributed by atoms with Gasteiger partial charge in [0.15, 0.2) is 0 Å². The molecular weight excluding hydrogens is 424 g/mol. The van der Waals surface area contributed by atoms with E-state index in [1.807, 2.05) is 6.07 Å². The highest BCUT2D eigenvalue weighted by Gasteiger charge is 2.31. The van der Waals surface area contributed by atoms with Crippen LogP contribution in [0.25, 0.3) is 20.8 Å². The summed E-state index contributed by atoms with van der Waals surface area (Å²) in [5.41, 5.74) is 1.86. The normalized spacial score (nSPS) is 15.3. The van der Waals surface area contributed by atoms with Crippen LogP contribution in [0.15, 0.2) is 42.5 Å². The molecule has 0 spiro atoms. The molecule has 1 aromatic heterocycles. The summed E-state index contributed by atoms with van der Waals surface area (Å²) in [4.78, 5) is 16.6. The van der Waals surface area contributed by atoms with E-state index in [-0.39, 0.29) is 24.7 Å². The third-order valence-electron chi connectivity index (χ3n) is 4.71. The fourth-order valence-corrected chi connectivity index (χ4v) is 3.97. The summed E-state index contributed by atoms with van der Waals surface area (Å²) in [6, 6.07) is 11.9. The van der Waals surface area contributed by atoms with E-state index in [0.29, 0.717) is 16.1 Å². The molecule has 10 heteroatoms. The average molecular weight is 448 g/mol. The number of nitrogens with one attached hydrogen (secondary N) is 1. The van der Waals surface area contributed by atoms with Gasteiger partial charge in [0, 0.05) is 19.2 Å². The zero-order valence-electron chi connectivity index (χ0n) is 16.7. The van der Waals surface area contributed by atoms with Crippen LogP contribution in [-0.2, 0) is 0 Å². The van der Waals surface area contributed by atoms with Crippen molar-refractivity contribution >= 4 is 27.5 Å². The highest BCUT2D eigenvalue weighted by Crippen LogP contribution is 2.32. The molecule has 4 unspecified atom stereocenters. The first-order valence-corrected chi connectivity index (χ1v) is 10.4. The summed E-state index contributed by atoms with van der Waals surface area (Å²) in [7, 11) is 1.56. The molecule has 0 aliphatic heterocycles. The van der Waals surface area contributed by atoms with Crippen LogP contribution >= 0.6 is 11.3 Å². The molecule has 0 fully saturated rings. The number of rotatable bonds is 9. The Hall–Kier alpha value is -2.60. The van der Waals surface area contributed by atoms with Crippen LogP contribution in [0.5, 0.6) is 5.75 Å². The lowest BCUT2D eigenvalue weighted by Crippen LogP contribution is -2.46. The molecule has 0 radical (unpaired) electrons. The highest BCUT2D eigenvalue weighted by atomic mass is 32.1. The van der Waals surface area contributed by atoms with Gasteiger partial charge in [0.1, 0.15) is 23.0 Å². The monoisotopic (exact) mass is 448 g/mol. The van der Waals surface area contributed by atoms with Crippen molar-refractivity contribution in [1.29, 1.82) is 0 Å². The molecule has 0 saturated heterocycles. The SMILES string of the molecule is CNC(=O)c1cccc2sc(-c3ccc(OC(O)C(O)C(O)C(O)CCO)cc3)nc12. The number of amides is 1. The molecule has 6 N–H and O–H groups in total. The number of hydrogen-bond donors (Lipinski definition) is 6. The van der Waals surface area contributed by atoms with E-state index in [4.69, 9.17) is 9.84 Å². The van der Waals surface area contributed by atoms with E-state index in [9.17, 15) is 25.2 Å². The molecule has 0 saturated carbocycles. The van der Waals surface area contributed by atoms with Gasteiger partial charge in [0.2, 0.25) is 6.29 Å². The van der Waals surface area contributed by atoms with Crippen LogP contribution in [0, 0.1) is 0 Å². The van der Waals surface area contributed by atoms with Gasteiger partial charge in [-0.1, -0.05) is 6.07 Å². The van der Waals surface area contributed by atoms with Crippen LogP contribution < -0.4 is 10.1 Å². The molecule has 1 amide bonds. The number of hydrogen-bond acceptors (Lipinski definition) is 9. The summed E-state index contributed by atoms with van der Waals surface area (Å²) in [5.74, 6) is 0.0105. The fraction of sp³-hybridized carbons (Fsp3) is 0.333. The number of aliphatic hydroxyl groups is 5. The van der Waals surface area contributed by atoms with Crippen molar-refractivity contribution in [3.05, 3.63) is 48.0 Å². The quantitative estimate of drug-likeness (QED) is 0.259. The Kier molecular flexibility index (Phi) is 7.55. The molecule has 0 aliphatic carbocycles. The number of aliphatic hydroxyl groups excluding tert-OH is 5. The Morgan fingerprint density at radius 1 is 1.10 bits per heavy atom. The topological polar surface area (TPSA) is 152 Å². The number of nitrogens with zero attached hydrogens (tertiary/aromatic N) is 1. The van der Waals surface area contributed by atoms with Crippen molar-refractivity contribution in [2.75, 3.05) is 13.7 Å². The highest BCUT2D eigenvalue weighted by molar-refractivity contribution is 7.21. The number of carbonyl (C=O) groups excluding carboxylic acids is 1. The van der Waals surface area contributed by atoms with Gasteiger partial charge in [-0.2, -0.15) is 0 Å². The second kappa shape index (κ2) is 10.1. The molecule has 2 aromatic carbocycles. The second-order valence-electron chi connectivity index (χ2n) is 6.84. The predicted molar refractivity (Wildman–Crippen MR) is 115 cm³/mol. The largest absolute Gasteiger partial charge is 0.462 e. The smallest absolute Gasteiger partial charge is 0.253 e. The Bertz CT molecular complexity index is 1020. The van der Waals surface area contributed by atoms with Crippen molar-refractivity contribution in [3.8, 4) is 16.3 Å². The number of benzene rings is 2. The molecule has 0 aliphatic rings. The van der Waals surface area contributed by atoms with Crippen LogP contribution in [0.2, 0.25) is 0 Å². The third-order valence-corrected chi connectivity index (χ3v) is 5.78. The number of fused-ring (bicyclic) bond motifs is 1. The van der Waals surface area contributed by atoms with Crippen molar-refractivity contribution in [2.45, 2.75) is 31.0 Å². The van der Waals surface area contributed by atoms with Gasteiger partial charge in [0.25, 0.3) is 5.91 Å². The minimum atomic E-state index is -1.79. The number of thiazole rings is 1. The molecule has 9 nitrogen and oxygen atoms in total. The second-order valence-corrected chi connectivity index (χ2v) is 7.87. The van der Waals surface area contributed by atoms with Gasteiger partial charge < -0.3 is 35.6 Å². The van der Waals surface area contributed by atoms with Crippen molar-refractivity contribution < 1.29 is 35.1 Å².